The second-order valence-electron chi connectivity index (χ2n) is 5.99. The highest BCUT2D eigenvalue weighted by atomic mass is 35.5. The molecule has 1 N–H and O–H groups in total. The van der Waals surface area contributed by atoms with E-state index in [1.807, 2.05) is 0 Å². The molecule has 0 bridgehead atoms. The molecule has 128 valence electrons. The Morgan fingerprint density at radius 3 is 2.80 bits per heavy atom. The summed E-state index contributed by atoms with van der Waals surface area (Å²) in [5, 5.41) is 4.27. The number of hydrogen-bond donors (Lipinski definition) is 1. The van der Waals surface area contributed by atoms with Crippen LogP contribution in [-0.4, -0.2) is 38.4 Å². The molecule has 0 saturated carbocycles. The van der Waals surface area contributed by atoms with Gasteiger partial charge in [0, 0.05) is 32.0 Å². The molecule has 4 rings (SSSR count). The number of pyridine rings is 1. The van der Waals surface area contributed by atoms with Crippen molar-refractivity contribution in [3.05, 3.63) is 45.0 Å². The summed E-state index contributed by atoms with van der Waals surface area (Å²) < 4.78 is 1.40. The van der Waals surface area contributed by atoms with Crippen molar-refractivity contribution >= 4 is 34.8 Å². The normalized spacial score (nSPS) is 17.1. The van der Waals surface area contributed by atoms with Crippen molar-refractivity contribution in [2.24, 2.45) is 5.10 Å². The number of nitrogens with one attached hydrogen (secondary N) is 1. The number of fused-ring (bicyclic) bond motifs is 2. The lowest BCUT2D eigenvalue weighted by molar-refractivity contribution is -0.125. The van der Waals surface area contributed by atoms with Crippen LogP contribution in [0.2, 0.25) is 5.02 Å². The van der Waals surface area contributed by atoms with Gasteiger partial charge in [-0.05, 0) is 12.1 Å². The Labute approximate surface area is 147 Å². The summed E-state index contributed by atoms with van der Waals surface area (Å²) in [6.45, 7) is 0.622. The van der Waals surface area contributed by atoms with Crippen LogP contribution in [-0.2, 0) is 22.6 Å². The van der Waals surface area contributed by atoms with Crippen LogP contribution in [0.25, 0.3) is 5.65 Å². The molecule has 0 aromatic carbocycles. The molecule has 2 aliphatic rings. The van der Waals surface area contributed by atoms with Gasteiger partial charge in [0.2, 0.25) is 5.91 Å². The van der Waals surface area contributed by atoms with Crippen LogP contribution in [0, 0.1) is 0 Å². The minimum atomic E-state index is -0.263. The van der Waals surface area contributed by atoms with Crippen LogP contribution in [0.1, 0.15) is 24.1 Å². The van der Waals surface area contributed by atoms with E-state index in [1.165, 1.54) is 10.6 Å². The van der Waals surface area contributed by atoms with Crippen LogP contribution in [0.4, 0.5) is 0 Å². The Hall–Kier alpha value is -2.74. The van der Waals surface area contributed by atoms with Gasteiger partial charge in [0.05, 0.1) is 22.8 Å². The maximum absolute atomic E-state index is 12.8. The van der Waals surface area contributed by atoms with Crippen molar-refractivity contribution in [1.82, 2.24) is 19.7 Å². The fraction of sp³-hybridized carbons (Fsp3) is 0.312. The highest BCUT2D eigenvalue weighted by molar-refractivity contribution is 6.39. The summed E-state index contributed by atoms with van der Waals surface area (Å²) in [4.78, 5) is 42.6. The summed E-state index contributed by atoms with van der Waals surface area (Å²) in [6, 6.07) is 3.38. The van der Waals surface area contributed by atoms with Crippen molar-refractivity contribution in [2.45, 2.75) is 25.8 Å². The van der Waals surface area contributed by atoms with Crippen molar-refractivity contribution in [2.75, 3.05) is 6.54 Å². The third-order valence-corrected chi connectivity index (χ3v) is 4.60. The molecule has 0 fully saturated rings. The number of rotatable bonds is 1. The fourth-order valence-corrected chi connectivity index (χ4v) is 3.22. The van der Waals surface area contributed by atoms with Gasteiger partial charge in [-0.1, -0.05) is 11.6 Å². The highest BCUT2D eigenvalue weighted by Gasteiger charge is 2.29. The molecule has 9 heteroatoms. The number of carbonyl (C=O) groups excluding carboxylic acids is 2. The first kappa shape index (κ1) is 15.8. The Balaban J connectivity index is 1.68. The SMILES string of the molecule is O=C1CCC(C(=O)N2CCc3nc4ccc(Cl)cn4c(=O)c3C2)=NN1. The van der Waals surface area contributed by atoms with E-state index in [2.05, 4.69) is 15.5 Å². The Bertz CT molecular complexity index is 997. The van der Waals surface area contributed by atoms with Gasteiger partial charge in [-0.2, -0.15) is 5.10 Å². The van der Waals surface area contributed by atoms with Gasteiger partial charge >= 0.3 is 0 Å². The quantitative estimate of drug-likeness (QED) is 0.801. The molecule has 0 radical (unpaired) electrons. The number of nitrogens with zero attached hydrogens (tertiary/aromatic N) is 4. The number of carbonyl (C=O) groups is 2. The number of halogens is 1. The number of hydrogen-bond acceptors (Lipinski definition) is 5. The van der Waals surface area contributed by atoms with Gasteiger partial charge in [0.1, 0.15) is 11.4 Å². The van der Waals surface area contributed by atoms with E-state index < -0.39 is 0 Å². The molecule has 2 aliphatic heterocycles. The zero-order valence-electron chi connectivity index (χ0n) is 13.2. The predicted octanol–water partition coefficient (Wildman–Crippen LogP) is 0.499. The lowest BCUT2D eigenvalue weighted by Crippen LogP contribution is -2.44. The molecule has 2 aromatic heterocycles. The molecule has 4 heterocycles. The maximum Gasteiger partial charge on any atom is 0.270 e. The third-order valence-electron chi connectivity index (χ3n) is 4.37. The van der Waals surface area contributed by atoms with Crippen LogP contribution < -0.4 is 11.0 Å². The first-order chi connectivity index (χ1) is 12.0. The van der Waals surface area contributed by atoms with E-state index in [-0.39, 0.29) is 30.3 Å². The van der Waals surface area contributed by atoms with Crippen LogP contribution in [0.15, 0.2) is 28.2 Å². The number of amides is 2. The molecule has 0 atom stereocenters. The Morgan fingerprint density at radius 2 is 2.04 bits per heavy atom. The largest absolute Gasteiger partial charge is 0.333 e. The van der Waals surface area contributed by atoms with Crippen molar-refractivity contribution < 1.29 is 9.59 Å². The predicted molar refractivity (Wildman–Crippen MR) is 90.4 cm³/mol. The average Bonchev–Trinajstić information content (AvgIpc) is 2.62. The van der Waals surface area contributed by atoms with Gasteiger partial charge in [0.25, 0.3) is 11.5 Å². The molecule has 2 aromatic rings. The van der Waals surface area contributed by atoms with Gasteiger partial charge in [-0.25, -0.2) is 10.4 Å². The van der Waals surface area contributed by atoms with E-state index in [4.69, 9.17) is 11.6 Å². The van der Waals surface area contributed by atoms with E-state index >= 15 is 0 Å². The summed E-state index contributed by atoms with van der Waals surface area (Å²) in [5.74, 6) is -0.465. The van der Waals surface area contributed by atoms with E-state index in [0.717, 1.165) is 0 Å². The smallest absolute Gasteiger partial charge is 0.270 e. The molecule has 2 amide bonds. The summed E-state index contributed by atoms with van der Waals surface area (Å²) in [6.07, 6.45) is 2.56. The van der Waals surface area contributed by atoms with Crippen molar-refractivity contribution in [1.29, 1.82) is 0 Å². The van der Waals surface area contributed by atoms with E-state index in [9.17, 15) is 14.4 Å². The van der Waals surface area contributed by atoms with Crippen LogP contribution in [0.5, 0.6) is 0 Å². The second-order valence-corrected chi connectivity index (χ2v) is 6.42. The van der Waals surface area contributed by atoms with Gasteiger partial charge in [0.15, 0.2) is 0 Å². The Morgan fingerprint density at radius 1 is 1.20 bits per heavy atom. The fourth-order valence-electron chi connectivity index (χ4n) is 3.06. The summed E-state index contributed by atoms with van der Waals surface area (Å²) in [5.41, 5.74) is 4.13. The molecular weight excluding hydrogens is 346 g/mol. The zero-order chi connectivity index (χ0) is 17.6. The number of aromatic nitrogens is 2. The van der Waals surface area contributed by atoms with Crippen LogP contribution in [0.3, 0.4) is 0 Å². The van der Waals surface area contributed by atoms with E-state index in [1.54, 1.807) is 17.0 Å². The lowest BCUT2D eigenvalue weighted by atomic mass is 10.0. The zero-order valence-corrected chi connectivity index (χ0v) is 13.9. The molecule has 0 unspecified atom stereocenters. The van der Waals surface area contributed by atoms with Crippen molar-refractivity contribution in [3.63, 3.8) is 0 Å². The molecule has 8 nitrogen and oxygen atoms in total. The van der Waals surface area contributed by atoms with Crippen LogP contribution >= 0.6 is 11.6 Å². The Kier molecular flexibility index (Phi) is 3.76. The maximum atomic E-state index is 12.8. The van der Waals surface area contributed by atoms with Gasteiger partial charge in [-0.15, -0.1) is 0 Å². The molecule has 25 heavy (non-hydrogen) atoms. The highest BCUT2D eigenvalue weighted by Crippen LogP contribution is 2.17. The molecule has 0 spiro atoms. The number of hydrazone groups is 1. The summed E-state index contributed by atoms with van der Waals surface area (Å²) in [7, 11) is 0. The van der Waals surface area contributed by atoms with Crippen molar-refractivity contribution in [3.8, 4) is 0 Å². The average molecular weight is 360 g/mol. The lowest BCUT2D eigenvalue weighted by Gasteiger charge is -2.28. The van der Waals surface area contributed by atoms with E-state index in [0.29, 0.717) is 47.0 Å². The molecule has 0 aliphatic carbocycles. The first-order valence-electron chi connectivity index (χ1n) is 7.87. The monoisotopic (exact) mass is 359 g/mol. The minimum Gasteiger partial charge on any atom is -0.333 e. The minimum absolute atomic E-state index is 0.169. The first-order valence-corrected chi connectivity index (χ1v) is 8.25. The van der Waals surface area contributed by atoms with Gasteiger partial charge < -0.3 is 4.90 Å². The molecule has 0 saturated heterocycles. The summed E-state index contributed by atoms with van der Waals surface area (Å²) >= 11 is 5.96. The third kappa shape index (κ3) is 2.78. The standard InChI is InChI=1S/C16H14ClN5O3/c17-9-1-3-13-18-11-5-6-21(8-10(11)15(24)22(13)7-9)16(25)12-2-4-14(23)20-19-12/h1,3,7H,2,4-6,8H2,(H,20,23). The molecular formula is C16H14ClN5O3. The second kappa shape index (κ2) is 5.96. The topological polar surface area (TPSA) is 96.1 Å². The van der Waals surface area contributed by atoms with Gasteiger partial charge in [-0.3, -0.25) is 18.8 Å².